The number of esters is 1. The van der Waals surface area contributed by atoms with Crippen LogP contribution < -0.4 is 28.5 Å². The number of unbranched alkanes of at least 4 members (excludes halogenated alkanes) is 4. The van der Waals surface area contributed by atoms with Crippen molar-refractivity contribution in [3.05, 3.63) is 54.4 Å². The Kier molecular flexibility index (Phi) is 10.4. The van der Waals surface area contributed by atoms with Crippen LogP contribution in [0, 0.1) is 0 Å². The summed E-state index contributed by atoms with van der Waals surface area (Å²) < 4.78 is 7.52. The third-order valence-electron chi connectivity index (χ3n) is 4.17. The maximum absolute atomic E-state index is 12.6. The van der Waals surface area contributed by atoms with Gasteiger partial charge in [-0.15, -0.1) is 0 Å². The second-order valence-corrected chi connectivity index (χ2v) is 6.02. The van der Waals surface area contributed by atoms with Crippen molar-refractivity contribution in [1.82, 2.24) is 0 Å². The van der Waals surface area contributed by atoms with Crippen LogP contribution in [0.3, 0.4) is 0 Å². The number of nitrogens with zero attached hydrogens (tertiary/aromatic N) is 1. The summed E-state index contributed by atoms with van der Waals surface area (Å²) in [5.41, 5.74) is 2.60. The molecule has 0 radical (unpaired) electrons. The number of ether oxygens (including phenoxy) is 1. The Bertz CT molecular complexity index is 644. The van der Waals surface area contributed by atoms with Crippen LogP contribution in [-0.2, 0) is 11.3 Å². The van der Waals surface area contributed by atoms with Crippen molar-refractivity contribution in [2.45, 2.75) is 52.5 Å². The first-order valence-corrected chi connectivity index (χ1v) is 9.02. The van der Waals surface area contributed by atoms with Crippen molar-refractivity contribution in [3.63, 3.8) is 0 Å². The quantitative estimate of drug-likeness (QED) is 0.251. The lowest BCUT2D eigenvalue weighted by molar-refractivity contribution is -0.693. The van der Waals surface area contributed by atoms with Crippen LogP contribution >= 0.6 is 0 Å². The summed E-state index contributed by atoms with van der Waals surface area (Å²) in [6, 6.07) is 12.0. The van der Waals surface area contributed by atoms with E-state index in [0.717, 1.165) is 30.5 Å². The number of carbonyl (C=O) groups excluding carboxylic acids is 1. The van der Waals surface area contributed by atoms with Crippen molar-refractivity contribution < 1.29 is 38.1 Å². The number of aromatic nitrogens is 1. The van der Waals surface area contributed by atoms with Crippen LogP contribution in [-0.4, -0.2) is 12.6 Å². The van der Waals surface area contributed by atoms with Gasteiger partial charge in [-0.1, -0.05) is 62.9 Å². The first-order valence-electron chi connectivity index (χ1n) is 9.02. The van der Waals surface area contributed by atoms with Crippen LogP contribution in [0.2, 0.25) is 0 Å². The molecule has 0 aliphatic rings. The molecular formula is C21H28INO2. The standard InChI is InChI=1S/C21H28NO2.HI/c1-3-5-6-7-11-16-24-21(23)20-17-22(4-2)15-14-19(20)18-12-9-8-10-13-18;/h8-10,12-15,17H,3-7,11,16H2,1-2H3;1H/q+1;/p-1. The first-order chi connectivity index (χ1) is 11.8. The molecule has 0 amide bonds. The highest BCUT2D eigenvalue weighted by Crippen LogP contribution is 2.23. The second kappa shape index (κ2) is 12.0. The van der Waals surface area contributed by atoms with E-state index in [9.17, 15) is 4.79 Å². The monoisotopic (exact) mass is 453 g/mol. The fraction of sp³-hybridized carbons (Fsp3) is 0.429. The van der Waals surface area contributed by atoms with Crippen molar-refractivity contribution in [2.75, 3.05) is 6.61 Å². The molecule has 0 saturated heterocycles. The lowest BCUT2D eigenvalue weighted by Gasteiger charge is -2.09. The van der Waals surface area contributed by atoms with Crippen molar-refractivity contribution in [3.8, 4) is 11.1 Å². The van der Waals surface area contributed by atoms with Gasteiger partial charge >= 0.3 is 5.97 Å². The molecule has 1 aromatic heterocycles. The molecule has 1 heterocycles. The van der Waals surface area contributed by atoms with Gasteiger partial charge in [0.1, 0.15) is 12.1 Å². The number of rotatable bonds is 9. The lowest BCUT2D eigenvalue weighted by Crippen LogP contribution is -3.00. The van der Waals surface area contributed by atoms with Crippen LogP contribution in [0.1, 0.15) is 56.3 Å². The van der Waals surface area contributed by atoms with Gasteiger partial charge in [-0.3, -0.25) is 0 Å². The van der Waals surface area contributed by atoms with Crippen molar-refractivity contribution >= 4 is 5.97 Å². The van der Waals surface area contributed by atoms with E-state index < -0.39 is 0 Å². The molecule has 0 aliphatic carbocycles. The minimum atomic E-state index is -0.229. The maximum atomic E-state index is 12.6. The van der Waals surface area contributed by atoms with E-state index in [0.29, 0.717) is 12.2 Å². The summed E-state index contributed by atoms with van der Waals surface area (Å²) in [5.74, 6) is -0.229. The molecule has 25 heavy (non-hydrogen) atoms. The fourth-order valence-corrected chi connectivity index (χ4v) is 2.72. The average Bonchev–Trinajstić information content (AvgIpc) is 2.64. The van der Waals surface area contributed by atoms with E-state index >= 15 is 0 Å². The Hall–Kier alpha value is -1.43. The topological polar surface area (TPSA) is 30.2 Å². The number of hydrogen-bond donors (Lipinski definition) is 0. The molecule has 0 unspecified atom stereocenters. The van der Waals surface area contributed by atoms with Gasteiger partial charge in [0.2, 0.25) is 0 Å². The number of pyridine rings is 1. The molecule has 0 saturated carbocycles. The Labute approximate surface area is 168 Å². The van der Waals surface area contributed by atoms with Crippen LogP contribution in [0.25, 0.3) is 11.1 Å². The maximum Gasteiger partial charge on any atom is 0.344 e. The van der Waals surface area contributed by atoms with Crippen LogP contribution in [0.4, 0.5) is 0 Å². The Morgan fingerprint density at radius 3 is 2.40 bits per heavy atom. The van der Waals surface area contributed by atoms with Gasteiger partial charge in [-0.2, -0.15) is 0 Å². The largest absolute Gasteiger partial charge is 1.00 e. The fourth-order valence-electron chi connectivity index (χ4n) is 2.72. The molecule has 0 N–H and O–H groups in total. The van der Waals surface area contributed by atoms with Gasteiger partial charge in [0.15, 0.2) is 12.4 Å². The molecule has 3 nitrogen and oxygen atoms in total. The normalized spacial score (nSPS) is 10.2. The van der Waals surface area contributed by atoms with Crippen molar-refractivity contribution in [1.29, 1.82) is 0 Å². The second-order valence-electron chi connectivity index (χ2n) is 6.02. The summed E-state index contributed by atoms with van der Waals surface area (Å²) in [7, 11) is 0. The van der Waals surface area contributed by atoms with Gasteiger partial charge in [-0.05, 0) is 18.9 Å². The zero-order valence-corrected chi connectivity index (χ0v) is 17.4. The smallest absolute Gasteiger partial charge is 0.344 e. The number of aryl methyl sites for hydroxylation is 1. The molecule has 1 aromatic carbocycles. The highest BCUT2D eigenvalue weighted by atomic mass is 127. The van der Waals surface area contributed by atoms with E-state index in [-0.39, 0.29) is 29.9 Å². The zero-order chi connectivity index (χ0) is 17.2. The molecule has 0 fully saturated rings. The third-order valence-corrected chi connectivity index (χ3v) is 4.17. The lowest BCUT2D eigenvalue weighted by atomic mass is 10.0. The van der Waals surface area contributed by atoms with Crippen molar-refractivity contribution in [2.24, 2.45) is 0 Å². The predicted octanol–water partition coefficient (Wildman–Crippen LogP) is 1.79. The van der Waals surface area contributed by atoms with E-state index in [1.807, 2.05) is 53.4 Å². The molecule has 0 aliphatic heterocycles. The Morgan fingerprint density at radius 2 is 1.72 bits per heavy atom. The van der Waals surface area contributed by atoms with E-state index in [1.54, 1.807) is 0 Å². The molecule has 0 atom stereocenters. The first kappa shape index (κ1) is 21.6. The Morgan fingerprint density at radius 1 is 1.00 bits per heavy atom. The molecule has 0 spiro atoms. The van der Waals surface area contributed by atoms with Gasteiger partial charge in [-0.25, -0.2) is 9.36 Å². The zero-order valence-electron chi connectivity index (χ0n) is 15.2. The average molecular weight is 453 g/mol. The van der Waals surface area contributed by atoms with Crippen LogP contribution in [0.5, 0.6) is 0 Å². The molecule has 2 rings (SSSR count). The van der Waals surface area contributed by atoms with Crippen LogP contribution in [0.15, 0.2) is 48.8 Å². The van der Waals surface area contributed by atoms with E-state index in [2.05, 4.69) is 13.8 Å². The summed E-state index contributed by atoms with van der Waals surface area (Å²) >= 11 is 0. The van der Waals surface area contributed by atoms with E-state index in [4.69, 9.17) is 4.74 Å². The van der Waals surface area contributed by atoms with Gasteiger partial charge in [0.05, 0.1) is 6.61 Å². The number of hydrogen-bond acceptors (Lipinski definition) is 2. The third kappa shape index (κ3) is 6.77. The molecule has 2 aromatic rings. The van der Waals surface area contributed by atoms with Gasteiger partial charge < -0.3 is 28.7 Å². The van der Waals surface area contributed by atoms with Gasteiger partial charge in [0.25, 0.3) is 0 Å². The highest BCUT2D eigenvalue weighted by Gasteiger charge is 2.18. The minimum Gasteiger partial charge on any atom is -1.00 e. The summed E-state index contributed by atoms with van der Waals surface area (Å²) in [6.07, 6.45) is 9.64. The molecular weight excluding hydrogens is 425 g/mol. The van der Waals surface area contributed by atoms with E-state index in [1.165, 1.54) is 19.3 Å². The van der Waals surface area contributed by atoms with Gasteiger partial charge in [0, 0.05) is 11.6 Å². The highest BCUT2D eigenvalue weighted by molar-refractivity contribution is 5.96. The summed E-state index contributed by atoms with van der Waals surface area (Å²) in [5, 5.41) is 0. The minimum absolute atomic E-state index is 0. The number of benzene rings is 1. The predicted molar refractivity (Wildman–Crippen MR) is 96.8 cm³/mol. The molecule has 4 heteroatoms. The summed E-state index contributed by atoms with van der Waals surface area (Å²) in [6.45, 7) is 5.58. The molecule has 136 valence electrons. The Balaban J connectivity index is 0.00000312. The SMILES string of the molecule is CCCCCCCOC(=O)c1c[n+](CC)ccc1-c1ccccc1.[I-]. The number of carbonyl (C=O) groups is 1. The number of halogens is 1. The summed E-state index contributed by atoms with van der Waals surface area (Å²) in [4.78, 5) is 12.6. The molecule has 0 bridgehead atoms.